The summed E-state index contributed by atoms with van der Waals surface area (Å²) < 4.78 is 18.3. The van der Waals surface area contributed by atoms with E-state index in [9.17, 15) is 9.18 Å². The van der Waals surface area contributed by atoms with Crippen LogP contribution in [0.3, 0.4) is 0 Å². The molecule has 0 spiro atoms. The van der Waals surface area contributed by atoms with Gasteiger partial charge in [0.1, 0.15) is 11.6 Å². The van der Waals surface area contributed by atoms with E-state index in [4.69, 9.17) is 4.74 Å². The second-order valence-corrected chi connectivity index (χ2v) is 5.34. The average Bonchev–Trinajstić information content (AvgIpc) is 2.62. The fourth-order valence-electron chi connectivity index (χ4n) is 1.95. The third-order valence-electron chi connectivity index (χ3n) is 3.29. The van der Waals surface area contributed by atoms with E-state index in [0.717, 1.165) is 18.6 Å². The number of unbranched alkanes of at least 4 members (excludes halogenated alkanes) is 1. The zero-order valence-electron chi connectivity index (χ0n) is 14.1. The molecule has 5 heteroatoms. The Hall–Kier alpha value is -3.00. The summed E-state index contributed by atoms with van der Waals surface area (Å²) in [4.78, 5) is 11.8. The lowest BCUT2D eigenvalue weighted by Gasteiger charge is -2.08. The highest BCUT2D eigenvalue weighted by atomic mass is 19.1. The van der Waals surface area contributed by atoms with Gasteiger partial charge in [0, 0.05) is 11.3 Å². The summed E-state index contributed by atoms with van der Waals surface area (Å²) in [5.74, 6) is 6.14. The van der Waals surface area contributed by atoms with Crippen LogP contribution in [0.1, 0.15) is 25.3 Å². The number of rotatable bonds is 6. The molecule has 0 fully saturated rings. The zero-order valence-corrected chi connectivity index (χ0v) is 14.1. The van der Waals surface area contributed by atoms with E-state index in [0.29, 0.717) is 17.9 Å². The van der Waals surface area contributed by atoms with Crippen molar-refractivity contribution in [3.05, 3.63) is 59.9 Å². The Morgan fingerprint density at radius 3 is 2.52 bits per heavy atom. The molecule has 0 saturated carbocycles. The lowest BCUT2D eigenvalue weighted by Crippen LogP contribution is -2.28. The maximum Gasteiger partial charge on any atom is 0.319 e. The minimum Gasteiger partial charge on any atom is -0.494 e. The number of carbonyl (C=O) groups is 1. The van der Waals surface area contributed by atoms with Gasteiger partial charge in [0.15, 0.2) is 0 Å². The number of hydrogen-bond acceptors (Lipinski definition) is 2. The Labute approximate surface area is 147 Å². The molecule has 2 N–H and O–H groups in total. The Morgan fingerprint density at radius 1 is 1.12 bits per heavy atom. The molecule has 0 bridgehead atoms. The highest BCUT2D eigenvalue weighted by Crippen LogP contribution is 2.15. The average molecular weight is 340 g/mol. The van der Waals surface area contributed by atoms with Gasteiger partial charge in [0.05, 0.1) is 13.2 Å². The molecule has 0 aromatic heterocycles. The van der Waals surface area contributed by atoms with Crippen LogP contribution < -0.4 is 15.4 Å². The second kappa shape index (κ2) is 9.99. The van der Waals surface area contributed by atoms with Gasteiger partial charge in [0.2, 0.25) is 0 Å². The number of benzene rings is 2. The molecule has 0 radical (unpaired) electrons. The smallest absolute Gasteiger partial charge is 0.319 e. The van der Waals surface area contributed by atoms with Gasteiger partial charge >= 0.3 is 6.03 Å². The van der Waals surface area contributed by atoms with Crippen LogP contribution in [0.2, 0.25) is 0 Å². The molecule has 2 rings (SSSR count). The van der Waals surface area contributed by atoms with Gasteiger partial charge in [-0.2, -0.15) is 0 Å². The van der Waals surface area contributed by atoms with Gasteiger partial charge in [-0.1, -0.05) is 25.2 Å². The van der Waals surface area contributed by atoms with Gasteiger partial charge < -0.3 is 15.4 Å². The lowest BCUT2D eigenvalue weighted by molar-refractivity contribution is 0.253. The van der Waals surface area contributed by atoms with E-state index in [1.54, 1.807) is 24.3 Å². The summed E-state index contributed by atoms with van der Waals surface area (Å²) in [5.41, 5.74) is 1.37. The van der Waals surface area contributed by atoms with Crippen molar-refractivity contribution >= 4 is 11.7 Å². The first-order valence-corrected chi connectivity index (χ1v) is 8.19. The number of nitrogens with one attached hydrogen (secondary N) is 2. The Bertz CT molecular complexity index is 731. The van der Waals surface area contributed by atoms with Crippen LogP contribution in [0.5, 0.6) is 5.75 Å². The molecule has 130 valence electrons. The van der Waals surface area contributed by atoms with Crippen molar-refractivity contribution in [3.63, 3.8) is 0 Å². The molecule has 0 heterocycles. The third-order valence-corrected chi connectivity index (χ3v) is 3.29. The van der Waals surface area contributed by atoms with Gasteiger partial charge in [0.25, 0.3) is 0 Å². The third kappa shape index (κ3) is 6.96. The van der Waals surface area contributed by atoms with Crippen molar-refractivity contribution in [1.29, 1.82) is 0 Å². The highest BCUT2D eigenvalue weighted by molar-refractivity contribution is 5.89. The molecule has 0 unspecified atom stereocenters. The van der Waals surface area contributed by atoms with Gasteiger partial charge in [-0.3, -0.25) is 0 Å². The fourth-order valence-corrected chi connectivity index (χ4v) is 1.95. The SMILES string of the molecule is CCCCOc1ccc(NC(=O)NCC#Cc2ccc(F)cc2)cc1. The molecule has 0 aliphatic carbocycles. The number of carbonyl (C=O) groups excluding carboxylic acids is 1. The van der Waals surface area contributed by atoms with Crippen molar-refractivity contribution in [2.45, 2.75) is 19.8 Å². The fraction of sp³-hybridized carbons (Fsp3) is 0.250. The predicted molar refractivity (Wildman–Crippen MR) is 97.1 cm³/mol. The number of amides is 2. The molecule has 2 aromatic rings. The first-order valence-electron chi connectivity index (χ1n) is 8.19. The number of ether oxygens (including phenoxy) is 1. The quantitative estimate of drug-likeness (QED) is 0.612. The predicted octanol–water partition coefficient (Wildman–Crippen LogP) is 4.18. The molecule has 4 nitrogen and oxygen atoms in total. The normalized spacial score (nSPS) is 9.68. The van der Waals surface area contributed by atoms with Crippen LogP contribution in [-0.4, -0.2) is 19.2 Å². The minimum atomic E-state index is -0.340. The van der Waals surface area contributed by atoms with E-state index in [-0.39, 0.29) is 18.4 Å². The molecule has 2 aromatic carbocycles. The van der Waals surface area contributed by atoms with Crippen LogP contribution in [0.15, 0.2) is 48.5 Å². The van der Waals surface area contributed by atoms with Crippen LogP contribution in [0, 0.1) is 17.7 Å². The standard InChI is InChI=1S/C20H21FN2O2/c1-2-3-15-25-19-12-10-18(11-13-19)23-20(24)22-14-4-5-16-6-8-17(21)9-7-16/h6-13H,2-3,14-15H2,1H3,(H2,22,23,24). The van der Waals surface area contributed by atoms with E-state index >= 15 is 0 Å². The van der Waals surface area contributed by atoms with Crippen LogP contribution in [-0.2, 0) is 0 Å². The van der Waals surface area contributed by atoms with E-state index in [1.807, 2.05) is 12.1 Å². The maximum absolute atomic E-state index is 12.8. The lowest BCUT2D eigenvalue weighted by atomic mass is 10.2. The van der Waals surface area contributed by atoms with Gasteiger partial charge in [-0.15, -0.1) is 0 Å². The van der Waals surface area contributed by atoms with Crippen molar-refractivity contribution in [2.75, 3.05) is 18.5 Å². The summed E-state index contributed by atoms with van der Waals surface area (Å²) >= 11 is 0. The summed E-state index contributed by atoms with van der Waals surface area (Å²) in [6, 6.07) is 12.7. The number of halogens is 1. The summed E-state index contributed by atoms with van der Waals surface area (Å²) in [7, 11) is 0. The van der Waals surface area contributed by atoms with E-state index in [2.05, 4.69) is 29.4 Å². The Kier molecular flexibility index (Phi) is 7.33. The van der Waals surface area contributed by atoms with E-state index < -0.39 is 0 Å². The maximum atomic E-state index is 12.8. The monoisotopic (exact) mass is 340 g/mol. The molecule has 25 heavy (non-hydrogen) atoms. The largest absolute Gasteiger partial charge is 0.494 e. The molecule has 0 saturated heterocycles. The van der Waals surface area contributed by atoms with Gasteiger partial charge in [-0.05, 0) is 55.0 Å². The molecular weight excluding hydrogens is 319 g/mol. The van der Waals surface area contributed by atoms with Crippen LogP contribution in [0.25, 0.3) is 0 Å². The van der Waals surface area contributed by atoms with Crippen LogP contribution >= 0.6 is 0 Å². The number of anilines is 1. The van der Waals surface area contributed by atoms with Crippen molar-refractivity contribution in [1.82, 2.24) is 5.32 Å². The van der Waals surface area contributed by atoms with Gasteiger partial charge in [-0.25, -0.2) is 9.18 Å². The van der Waals surface area contributed by atoms with E-state index in [1.165, 1.54) is 12.1 Å². The summed E-state index contributed by atoms with van der Waals surface area (Å²) in [6.07, 6.45) is 2.10. The Balaban J connectivity index is 1.74. The molecule has 0 aliphatic heterocycles. The molecule has 2 amide bonds. The zero-order chi connectivity index (χ0) is 17.9. The topological polar surface area (TPSA) is 50.4 Å². The van der Waals surface area contributed by atoms with Crippen molar-refractivity contribution in [2.24, 2.45) is 0 Å². The van der Waals surface area contributed by atoms with Crippen LogP contribution in [0.4, 0.5) is 14.9 Å². The minimum absolute atomic E-state index is 0.196. The second-order valence-electron chi connectivity index (χ2n) is 5.34. The first-order chi connectivity index (χ1) is 12.2. The van der Waals surface area contributed by atoms with Crippen molar-refractivity contribution < 1.29 is 13.9 Å². The molecule has 0 aliphatic rings. The summed E-state index contributed by atoms with van der Waals surface area (Å²) in [5, 5.41) is 5.36. The molecular formula is C20H21FN2O2. The highest BCUT2D eigenvalue weighted by Gasteiger charge is 2.00. The number of urea groups is 1. The summed E-state index contributed by atoms with van der Waals surface area (Å²) in [6.45, 7) is 3.00. The Morgan fingerprint density at radius 2 is 1.84 bits per heavy atom. The van der Waals surface area contributed by atoms with Crippen molar-refractivity contribution in [3.8, 4) is 17.6 Å². The first kappa shape index (κ1) is 18.3. The number of hydrogen-bond donors (Lipinski definition) is 2. The molecule has 0 atom stereocenters.